The normalized spacial score (nSPS) is 14.0. The van der Waals surface area contributed by atoms with E-state index in [9.17, 15) is 24.3 Å². The Balaban J connectivity index is 3.07. The summed E-state index contributed by atoms with van der Waals surface area (Å²) in [6, 6.07) is 6.05. The van der Waals surface area contributed by atoms with E-state index in [1.807, 2.05) is 6.07 Å². The predicted molar refractivity (Wildman–Crippen MR) is 112 cm³/mol. The van der Waals surface area contributed by atoms with Gasteiger partial charge >= 0.3 is 5.97 Å². The van der Waals surface area contributed by atoms with Crippen LogP contribution < -0.4 is 21.7 Å². The van der Waals surface area contributed by atoms with E-state index in [2.05, 4.69) is 16.0 Å². The van der Waals surface area contributed by atoms with E-state index in [0.717, 1.165) is 5.56 Å². The zero-order valence-corrected chi connectivity index (χ0v) is 17.8. The average molecular weight is 421 g/mol. The number of carboxylic acids is 1. The highest BCUT2D eigenvalue weighted by Crippen LogP contribution is 2.08. The van der Waals surface area contributed by atoms with Gasteiger partial charge in [0.1, 0.15) is 18.1 Å². The predicted octanol–water partition coefficient (Wildman–Crippen LogP) is 0.0388. The van der Waals surface area contributed by atoms with Crippen molar-refractivity contribution in [3.63, 3.8) is 0 Å². The molecule has 9 heteroatoms. The zero-order chi connectivity index (χ0) is 22.8. The second kappa shape index (κ2) is 11.9. The van der Waals surface area contributed by atoms with E-state index < -0.39 is 41.8 Å². The van der Waals surface area contributed by atoms with Crippen molar-refractivity contribution in [2.24, 2.45) is 17.6 Å². The maximum Gasteiger partial charge on any atom is 0.326 e. The summed E-state index contributed by atoms with van der Waals surface area (Å²) in [5.74, 6) is -3.38. The van der Waals surface area contributed by atoms with E-state index in [1.165, 1.54) is 0 Å². The first-order chi connectivity index (χ1) is 14.1. The van der Waals surface area contributed by atoms with Crippen LogP contribution in [0.15, 0.2) is 30.3 Å². The van der Waals surface area contributed by atoms with Crippen LogP contribution in [0, 0.1) is 11.8 Å². The fraction of sp³-hybridized carbons (Fsp3) is 0.524. The second-order valence-corrected chi connectivity index (χ2v) is 7.81. The number of carboxylic acid groups (broad SMARTS) is 1. The molecule has 166 valence electrons. The van der Waals surface area contributed by atoms with Crippen LogP contribution in [0.25, 0.3) is 0 Å². The van der Waals surface area contributed by atoms with Crippen LogP contribution in [0.4, 0.5) is 0 Å². The van der Waals surface area contributed by atoms with Gasteiger partial charge in [0.05, 0.1) is 6.54 Å². The van der Waals surface area contributed by atoms with Crippen LogP contribution in [0.2, 0.25) is 0 Å². The monoisotopic (exact) mass is 420 g/mol. The first kappa shape index (κ1) is 25.1. The summed E-state index contributed by atoms with van der Waals surface area (Å²) in [5.41, 5.74) is 6.11. The van der Waals surface area contributed by atoms with Crippen LogP contribution in [-0.2, 0) is 25.6 Å². The lowest BCUT2D eigenvalue weighted by atomic mass is 9.99. The fourth-order valence-electron chi connectivity index (χ4n) is 2.86. The van der Waals surface area contributed by atoms with Gasteiger partial charge in [-0.1, -0.05) is 58.0 Å². The maximum absolute atomic E-state index is 12.9. The Morgan fingerprint density at radius 1 is 0.867 bits per heavy atom. The smallest absolute Gasteiger partial charge is 0.326 e. The molecule has 9 nitrogen and oxygen atoms in total. The number of benzene rings is 1. The minimum absolute atomic E-state index is 0.165. The van der Waals surface area contributed by atoms with Crippen molar-refractivity contribution < 1.29 is 24.3 Å². The first-order valence-corrected chi connectivity index (χ1v) is 9.93. The molecule has 0 heterocycles. The highest BCUT2D eigenvalue weighted by Gasteiger charge is 2.31. The van der Waals surface area contributed by atoms with E-state index >= 15 is 0 Å². The molecule has 0 aliphatic carbocycles. The van der Waals surface area contributed by atoms with Gasteiger partial charge in [-0.3, -0.25) is 14.4 Å². The van der Waals surface area contributed by atoms with Gasteiger partial charge in [0.15, 0.2) is 0 Å². The minimum Gasteiger partial charge on any atom is -0.480 e. The highest BCUT2D eigenvalue weighted by molar-refractivity contribution is 5.93. The molecule has 6 N–H and O–H groups in total. The van der Waals surface area contributed by atoms with Crippen molar-refractivity contribution in [2.45, 2.75) is 52.2 Å². The van der Waals surface area contributed by atoms with Crippen LogP contribution in [0.3, 0.4) is 0 Å². The number of amides is 3. The molecule has 1 aromatic rings. The number of carbonyl (C=O) groups excluding carboxylic acids is 3. The molecule has 3 unspecified atom stereocenters. The molecular formula is C21H32N4O5. The lowest BCUT2D eigenvalue weighted by molar-refractivity contribution is -0.143. The number of carbonyl (C=O) groups is 4. The molecule has 0 aliphatic heterocycles. The molecule has 0 aromatic heterocycles. The summed E-state index contributed by atoms with van der Waals surface area (Å²) in [5, 5.41) is 17.1. The lowest BCUT2D eigenvalue weighted by Crippen LogP contribution is -2.58. The third-order valence-corrected chi connectivity index (χ3v) is 4.60. The van der Waals surface area contributed by atoms with Gasteiger partial charge < -0.3 is 26.8 Å². The van der Waals surface area contributed by atoms with E-state index in [-0.39, 0.29) is 24.8 Å². The second-order valence-electron chi connectivity index (χ2n) is 7.81. The van der Waals surface area contributed by atoms with Gasteiger partial charge in [-0.2, -0.15) is 0 Å². The standard InChI is InChI=1S/C21H32N4O5/c1-12(2)17(24-16(26)11-22)20(28)23-15(10-14-8-6-5-7-9-14)19(27)25-18(13(3)4)21(29)30/h5-9,12-13,15,17-18H,10-11,22H2,1-4H3,(H,23,28)(H,24,26)(H,25,27)(H,29,30). The summed E-state index contributed by atoms with van der Waals surface area (Å²) in [7, 11) is 0. The summed E-state index contributed by atoms with van der Waals surface area (Å²) in [6.45, 7) is 6.61. The molecule has 0 saturated heterocycles. The molecule has 3 amide bonds. The first-order valence-electron chi connectivity index (χ1n) is 9.93. The molecule has 0 spiro atoms. The Labute approximate surface area is 176 Å². The van der Waals surface area contributed by atoms with Crippen LogP contribution in [0.1, 0.15) is 33.3 Å². The molecular weight excluding hydrogens is 388 g/mol. The molecule has 3 atom stereocenters. The van der Waals surface area contributed by atoms with Crippen molar-refractivity contribution in [2.75, 3.05) is 6.54 Å². The van der Waals surface area contributed by atoms with E-state index in [4.69, 9.17) is 5.73 Å². The number of aliphatic carboxylic acids is 1. The maximum atomic E-state index is 12.9. The zero-order valence-electron chi connectivity index (χ0n) is 17.8. The van der Waals surface area contributed by atoms with Crippen molar-refractivity contribution in [1.82, 2.24) is 16.0 Å². The topological polar surface area (TPSA) is 151 Å². The van der Waals surface area contributed by atoms with Crippen LogP contribution >= 0.6 is 0 Å². The molecule has 0 bridgehead atoms. The molecule has 0 fully saturated rings. The van der Waals surface area contributed by atoms with Crippen molar-refractivity contribution >= 4 is 23.7 Å². The summed E-state index contributed by atoms with van der Waals surface area (Å²) >= 11 is 0. The SMILES string of the molecule is CC(C)C(NC(=O)C(Cc1ccccc1)NC(=O)C(NC(=O)CN)C(C)C)C(=O)O. The molecule has 0 aliphatic rings. The molecule has 0 saturated carbocycles. The summed E-state index contributed by atoms with van der Waals surface area (Å²) in [4.78, 5) is 48.9. The summed E-state index contributed by atoms with van der Waals surface area (Å²) < 4.78 is 0. The van der Waals surface area contributed by atoms with Gasteiger partial charge in [0.25, 0.3) is 0 Å². The number of hydrogen-bond donors (Lipinski definition) is 5. The Morgan fingerprint density at radius 3 is 1.90 bits per heavy atom. The van der Waals surface area contributed by atoms with E-state index in [0.29, 0.717) is 0 Å². The number of hydrogen-bond acceptors (Lipinski definition) is 5. The molecule has 1 rings (SSSR count). The molecule has 30 heavy (non-hydrogen) atoms. The van der Waals surface area contributed by atoms with Crippen LogP contribution in [0.5, 0.6) is 0 Å². The largest absolute Gasteiger partial charge is 0.480 e. The van der Waals surface area contributed by atoms with Gasteiger partial charge in [-0.15, -0.1) is 0 Å². The lowest BCUT2D eigenvalue weighted by Gasteiger charge is -2.27. The Hall–Kier alpha value is -2.94. The Kier molecular flexibility index (Phi) is 9.97. The number of rotatable bonds is 11. The third kappa shape index (κ3) is 7.82. The molecule has 0 radical (unpaired) electrons. The van der Waals surface area contributed by atoms with Crippen molar-refractivity contribution in [1.29, 1.82) is 0 Å². The van der Waals surface area contributed by atoms with Crippen LogP contribution in [-0.4, -0.2) is 53.5 Å². The minimum atomic E-state index is -1.15. The van der Waals surface area contributed by atoms with Gasteiger partial charge in [-0.05, 0) is 17.4 Å². The van der Waals surface area contributed by atoms with Gasteiger partial charge in [-0.25, -0.2) is 4.79 Å². The Morgan fingerprint density at radius 2 is 1.43 bits per heavy atom. The number of nitrogens with two attached hydrogens (primary N) is 1. The fourth-order valence-corrected chi connectivity index (χ4v) is 2.86. The third-order valence-electron chi connectivity index (χ3n) is 4.60. The average Bonchev–Trinajstić information content (AvgIpc) is 2.69. The summed E-state index contributed by atoms with van der Waals surface area (Å²) in [6.07, 6.45) is 0.165. The number of nitrogens with one attached hydrogen (secondary N) is 3. The van der Waals surface area contributed by atoms with Gasteiger partial charge in [0.2, 0.25) is 17.7 Å². The van der Waals surface area contributed by atoms with Gasteiger partial charge in [0, 0.05) is 6.42 Å². The van der Waals surface area contributed by atoms with Crippen molar-refractivity contribution in [3.8, 4) is 0 Å². The highest BCUT2D eigenvalue weighted by atomic mass is 16.4. The van der Waals surface area contributed by atoms with E-state index in [1.54, 1.807) is 52.0 Å². The van der Waals surface area contributed by atoms with Crippen molar-refractivity contribution in [3.05, 3.63) is 35.9 Å². The Bertz CT molecular complexity index is 736. The molecule has 1 aromatic carbocycles. The quantitative estimate of drug-likeness (QED) is 0.341.